The third kappa shape index (κ3) is 5.56. The first-order valence-corrected chi connectivity index (χ1v) is 2.75. The van der Waals surface area contributed by atoms with E-state index in [0.717, 1.165) is 6.29 Å². The minimum Gasteiger partial charge on any atom is -0.487 e. The van der Waals surface area contributed by atoms with Gasteiger partial charge in [0, 0.05) is 13.3 Å². The van der Waals surface area contributed by atoms with Crippen LogP contribution in [0.2, 0.25) is 0 Å². The first kappa shape index (κ1) is 7.56. The molecule has 0 aromatic carbocycles. The van der Waals surface area contributed by atoms with E-state index >= 15 is 0 Å². The summed E-state index contributed by atoms with van der Waals surface area (Å²) in [5, 5.41) is 0.492. The lowest BCUT2D eigenvalue weighted by Gasteiger charge is -1.96. The van der Waals surface area contributed by atoms with Gasteiger partial charge in [-0.05, 0) is 12.2 Å². The lowest BCUT2D eigenvalue weighted by Crippen LogP contribution is -1.97. The van der Waals surface area contributed by atoms with Gasteiger partial charge in [-0.2, -0.15) is 0 Å². The molecule has 0 heterocycles. The molecule has 0 aliphatic heterocycles. The van der Waals surface area contributed by atoms with Crippen molar-refractivity contribution in [3.63, 3.8) is 0 Å². The number of carbonyl (C=O) groups excluding carboxylic acids is 1. The molecule has 0 spiro atoms. The Morgan fingerprint density at radius 1 is 1.88 bits per heavy atom. The molecule has 0 aromatic rings. The molecule has 8 heavy (non-hydrogen) atoms. The van der Waals surface area contributed by atoms with Crippen molar-refractivity contribution in [1.29, 1.82) is 0 Å². The molecule has 2 nitrogen and oxygen atoms in total. The summed E-state index contributed by atoms with van der Waals surface area (Å²) in [5.41, 5.74) is 0. The smallest absolute Gasteiger partial charge is 0.156 e. The Balaban J connectivity index is 2.93. The number of hydrogen-bond acceptors (Lipinski definition) is 3. The summed E-state index contributed by atoms with van der Waals surface area (Å²) in [6, 6.07) is 0. The van der Waals surface area contributed by atoms with Crippen LogP contribution in [0.15, 0.2) is 0 Å². The number of hydrogen-bond donors (Lipinski definition) is 0. The van der Waals surface area contributed by atoms with Gasteiger partial charge >= 0.3 is 0 Å². The Labute approximate surface area is 53.8 Å². The highest BCUT2D eigenvalue weighted by Crippen LogP contribution is 1.80. The van der Waals surface area contributed by atoms with Gasteiger partial charge in [-0.1, -0.05) is 0 Å². The number of carbonyl (C=O) groups is 1. The minimum atomic E-state index is 0.416. The monoisotopic (exact) mass is 132 g/mol. The zero-order valence-electron chi connectivity index (χ0n) is 4.72. The van der Waals surface area contributed by atoms with Gasteiger partial charge in [-0.3, -0.25) is 0 Å². The van der Waals surface area contributed by atoms with Crippen LogP contribution in [-0.4, -0.2) is 17.9 Å². The SMILES string of the molecule is CC(=S)OCCC=O. The second-order valence-corrected chi connectivity index (χ2v) is 1.87. The summed E-state index contributed by atoms with van der Waals surface area (Å²) in [5.74, 6) is 0. The summed E-state index contributed by atoms with van der Waals surface area (Å²) >= 11 is 4.57. The van der Waals surface area contributed by atoms with Crippen molar-refractivity contribution in [3.8, 4) is 0 Å². The van der Waals surface area contributed by atoms with Gasteiger partial charge in [-0.25, -0.2) is 0 Å². The van der Waals surface area contributed by atoms with Gasteiger partial charge < -0.3 is 9.53 Å². The molecule has 0 rings (SSSR count). The number of ether oxygens (including phenoxy) is 1. The van der Waals surface area contributed by atoms with Crippen molar-refractivity contribution in [2.75, 3.05) is 6.61 Å². The van der Waals surface area contributed by atoms with E-state index in [2.05, 4.69) is 12.2 Å². The molecule has 0 aliphatic carbocycles. The molecular formula is C5H8O2S. The lowest BCUT2D eigenvalue weighted by atomic mass is 10.5. The maximum atomic E-state index is 9.66. The Morgan fingerprint density at radius 3 is 2.88 bits per heavy atom. The molecule has 0 fully saturated rings. The molecule has 0 saturated carbocycles. The number of rotatable bonds is 3. The molecule has 0 aromatic heterocycles. The normalized spacial score (nSPS) is 8.12. The summed E-state index contributed by atoms with van der Waals surface area (Å²) < 4.78 is 4.78. The molecular weight excluding hydrogens is 124 g/mol. The van der Waals surface area contributed by atoms with Crippen LogP contribution in [0.1, 0.15) is 13.3 Å². The van der Waals surface area contributed by atoms with E-state index in [-0.39, 0.29) is 0 Å². The van der Waals surface area contributed by atoms with E-state index in [4.69, 9.17) is 4.74 Å². The third-order valence-corrected chi connectivity index (χ3v) is 0.659. The maximum Gasteiger partial charge on any atom is 0.156 e. The van der Waals surface area contributed by atoms with Gasteiger partial charge in [0.2, 0.25) is 0 Å². The highest BCUT2D eigenvalue weighted by Gasteiger charge is 1.84. The van der Waals surface area contributed by atoms with E-state index in [1.54, 1.807) is 6.92 Å². The Hall–Kier alpha value is -0.440. The highest BCUT2D eigenvalue weighted by atomic mass is 32.1. The van der Waals surface area contributed by atoms with Crippen molar-refractivity contribution in [2.24, 2.45) is 0 Å². The molecule has 0 aliphatic rings. The predicted molar refractivity (Wildman–Crippen MR) is 34.9 cm³/mol. The van der Waals surface area contributed by atoms with Gasteiger partial charge in [0.05, 0.1) is 6.61 Å². The second kappa shape index (κ2) is 4.71. The van der Waals surface area contributed by atoms with Crippen LogP contribution in [0.4, 0.5) is 0 Å². The van der Waals surface area contributed by atoms with Crippen molar-refractivity contribution in [3.05, 3.63) is 0 Å². The van der Waals surface area contributed by atoms with Crippen molar-refractivity contribution in [2.45, 2.75) is 13.3 Å². The van der Waals surface area contributed by atoms with Crippen LogP contribution in [0, 0.1) is 0 Å². The fourth-order valence-corrected chi connectivity index (χ4v) is 0.334. The van der Waals surface area contributed by atoms with Crippen LogP contribution < -0.4 is 0 Å². The number of thiocarbonyl (C=S) groups is 1. The molecule has 0 bridgehead atoms. The van der Waals surface area contributed by atoms with Gasteiger partial charge in [-0.15, -0.1) is 0 Å². The minimum absolute atomic E-state index is 0.416. The fourth-order valence-electron chi connectivity index (χ4n) is 0.251. The standard InChI is InChI=1S/C5H8O2S/c1-5(8)7-4-2-3-6/h3H,2,4H2,1H3. The largest absolute Gasteiger partial charge is 0.487 e. The summed E-state index contributed by atoms with van der Waals surface area (Å²) in [7, 11) is 0. The second-order valence-electron chi connectivity index (χ2n) is 1.30. The van der Waals surface area contributed by atoms with Crippen LogP contribution >= 0.6 is 12.2 Å². The summed E-state index contributed by atoms with van der Waals surface area (Å²) in [6.45, 7) is 2.10. The Kier molecular flexibility index (Phi) is 4.45. The molecule has 46 valence electrons. The van der Waals surface area contributed by atoms with Crippen molar-refractivity contribution >= 4 is 23.6 Å². The number of aldehydes is 1. The zero-order chi connectivity index (χ0) is 6.41. The molecule has 0 unspecified atom stereocenters. The van der Waals surface area contributed by atoms with Crippen LogP contribution in [0.5, 0.6) is 0 Å². The molecule has 0 atom stereocenters. The predicted octanol–water partition coefficient (Wildman–Crippen LogP) is 0.939. The summed E-state index contributed by atoms with van der Waals surface area (Å²) in [4.78, 5) is 9.66. The Bertz CT molecular complexity index is 90.4. The van der Waals surface area contributed by atoms with Crippen LogP contribution in [0.3, 0.4) is 0 Å². The van der Waals surface area contributed by atoms with Crippen LogP contribution in [0.25, 0.3) is 0 Å². The van der Waals surface area contributed by atoms with E-state index < -0.39 is 0 Å². The lowest BCUT2D eigenvalue weighted by molar-refractivity contribution is -0.108. The maximum absolute atomic E-state index is 9.66. The van der Waals surface area contributed by atoms with Crippen molar-refractivity contribution < 1.29 is 9.53 Å². The first-order valence-electron chi connectivity index (χ1n) is 2.34. The zero-order valence-corrected chi connectivity index (χ0v) is 5.53. The van der Waals surface area contributed by atoms with Crippen molar-refractivity contribution in [1.82, 2.24) is 0 Å². The molecule has 0 amide bonds. The third-order valence-electron chi connectivity index (χ3n) is 0.541. The quantitative estimate of drug-likeness (QED) is 0.325. The topological polar surface area (TPSA) is 26.3 Å². The molecule has 3 heteroatoms. The van der Waals surface area contributed by atoms with Crippen LogP contribution in [-0.2, 0) is 9.53 Å². The van der Waals surface area contributed by atoms with Gasteiger partial charge in [0.25, 0.3) is 0 Å². The average Bonchev–Trinajstić information content (AvgIpc) is 1.66. The highest BCUT2D eigenvalue weighted by molar-refractivity contribution is 7.80. The Morgan fingerprint density at radius 2 is 2.50 bits per heavy atom. The molecule has 0 N–H and O–H groups in total. The molecule has 0 saturated heterocycles. The molecule has 0 radical (unpaired) electrons. The van der Waals surface area contributed by atoms with E-state index in [1.165, 1.54) is 0 Å². The fraction of sp³-hybridized carbons (Fsp3) is 0.600. The average molecular weight is 132 g/mol. The van der Waals surface area contributed by atoms with Gasteiger partial charge in [0.1, 0.15) is 6.29 Å². The van der Waals surface area contributed by atoms with E-state index in [9.17, 15) is 4.79 Å². The first-order chi connectivity index (χ1) is 3.77. The van der Waals surface area contributed by atoms with Gasteiger partial charge in [0.15, 0.2) is 5.05 Å². The summed E-state index contributed by atoms with van der Waals surface area (Å²) in [6.07, 6.45) is 1.23. The van der Waals surface area contributed by atoms with E-state index in [1.807, 2.05) is 0 Å². The van der Waals surface area contributed by atoms with E-state index in [0.29, 0.717) is 18.1 Å².